The third-order valence-corrected chi connectivity index (χ3v) is 3.84. The Hall–Kier alpha value is -2.12. The number of hydrogen-bond acceptors (Lipinski definition) is 4. The van der Waals surface area contributed by atoms with Crippen molar-refractivity contribution in [3.63, 3.8) is 0 Å². The first-order valence-corrected chi connectivity index (χ1v) is 8.55. The highest BCUT2D eigenvalue weighted by molar-refractivity contribution is 6.37. The van der Waals surface area contributed by atoms with Gasteiger partial charge in [-0.25, -0.2) is 4.79 Å². The number of benzene rings is 2. The summed E-state index contributed by atoms with van der Waals surface area (Å²) in [5.41, 5.74) is -0.981. The fourth-order valence-corrected chi connectivity index (χ4v) is 2.63. The molecule has 2 aromatic carbocycles. The van der Waals surface area contributed by atoms with Gasteiger partial charge in [-0.2, -0.15) is 13.2 Å². The Kier molecular flexibility index (Phi) is 6.84. The van der Waals surface area contributed by atoms with Gasteiger partial charge >= 0.3 is 12.1 Å². The standard InChI is InChI=1S/C18H15Cl2F3O4/c1-3-25-17(24)10(2)26-12-5-4-6-13(9-12)27-16-14(19)7-11(8-15(16)20)18(21,22)23/h4-10H,3H2,1-2H3. The van der Waals surface area contributed by atoms with E-state index in [4.69, 9.17) is 37.4 Å². The molecule has 27 heavy (non-hydrogen) atoms. The van der Waals surface area contributed by atoms with Gasteiger partial charge in [-0.15, -0.1) is 0 Å². The molecule has 0 aliphatic rings. The van der Waals surface area contributed by atoms with E-state index in [1.807, 2.05) is 0 Å². The minimum absolute atomic E-state index is 0.123. The molecule has 0 bridgehead atoms. The van der Waals surface area contributed by atoms with Gasteiger partial charge in [-0.1, -0.05) is 29.3 Å². The second kappa shape index (κ2) is 8.71. The third-order valence-electron chi connectivity index (χ3n) is 3.28. The lowest BCUT2D eigenvalue weighted by Gasteiger charge is -2.15. The van der Waals surface area contributed by atoms with E-state index in [0.29, 0.717) is 5.75 Å². The number of rotatable bonds is 6. The van der Waals surface area contributed by atoms with Crippen LogP contribution in [0.4, 0.5) is 13.2 Å². The highest BCUT2D eigenvalue weighted by atomic mass is 35.5. The van der Waals surface area contributed by atoms with E-state index in [1.54, 1.807) is 19.1 Å². The Morgan fingerprint density at radius 3 is 2.26 bits per heavy atom. The Morgan fingerprint density at radius 1 is 1.11 bits per heavy atom. The summed E-state index contributed by atoms with van der Waals surface area (Å²) >= 11 is 11.8. The van der Waals surface area contributed by atoms with Gasteiger partial charge in [-0.3, -0.25) is 0 Å². The van der Waals surface area contributed by atoms with Crippen LogP contribution in [-0.2, 0) is 15.7 Å². The fourth-order valence-electron chi connectivity index (χ4n) is 2.06. The summed E-state index contributed by atoms with van der Waals surface area (Å²) in [6.45, 7) is 3.42. The smallest absolute Gasteiger partial charge is 0.416 e. The average molecular weight is 423 g/mol. The van der Waals surface area contributed by atoms with E-state index >= 15 is 0 Å². The zero-order chi connectivity index (χ0) is 20.2. The van der Waals surface area contributed by atoms with Crippen molar-refractivity contribution in [2.45, 2.75) is 26.1 Å². The Labute approximate surface area is 163 Å². The monoisotopic (exact) mass is 422 g/mol. The molecule has 0 aliphatic carbocycles. The van der Waals surface area contributed by atoms with Gasteiger partial charge < -0.3 is 14.2 Å². The molecule has 0 amide bonds. The first-order valence-electron chi connectivity index (χ1n) is 7.79. The minimum Gasteiger partial charge on any atom is -0.479 e. The molecule has 0 aliphatic heterocycles. The van der Waals surface area contributed by atoms with Crippen molar-refractivity contribution >= 4 is 29.2 Å². The fraction of sp³-hybridized carbons (Fsp3) is 0.278. The molecule has 0 radical (unpaired) electrons. The number of alkyl halides is 3. The molecule has 0 saturated carbocycles. The molecule has 146 valence electrons. The maximum atomic E-state index is 12.8. The molecule has 0 N–H and O–H groups in total. The lowest BCUT2D eigenvalue weighted by Crippen LogP contribution is -2.26. The maximum absolute atomic E-state index is 12.8. The zero-order valence-electron chi connectivity index (χ0n) is 14.3. The van der Waals surface area contributed by atoms with Gasteiger partial charge in [0, 0.05) is 6.07 Å². The van der Waals surface area contributed by atoms with E-state index < -0.39 is 23.8 Å². The predicted octanol–water partition coefficient (Wildman–Crippen LogP) is 6.13. The van der Waals surface area contributed by atoms with Crippen molar-refractivity contribution in [1.82, 2.24) is 0 Å². The van der Waals surface area contributed by atoms with Gasteiger partial charge in [0.25, 0.3) is 0 Å². The Bertz CT molecular complexity index is 801. The molecular weight excluding hydrogens is 408 g/mol. The molecule has 1 unspecified atom stereocenters. The molecular formula is C18H15Cl2F3O4. The lowest BCUT2D eigenvalue weighted by molar-refractivity contribution is -0.150. The summed E-state index contributed by atoms with van der Waals surface area (Å²) in [7, 11) is 0. The first kappa shape index (κ1) is 21.2. The highest BCUT2D eigenvalue weighted by Gasteiger charge is 2.32. The Balaban J connectivity index is 2.20. The zero-order valence-corrected chi connectivity index (χ0v) is 15.8. The van der Waals surface area contributed by atoms with Gasteiger partial charge in [0.2, 0.25) is 0 Å². The topological polar surface area (TPSA) is 44.8 Å². The molecule has 0 saturated heterocycles. The molecule has 0 spiro atoms. The van der Waals surface area contributed by atoms with Crippen LogP contribution in [0.15, 0.2) is 36.4 Å². The van der Waals surface area contributed by atoms with E-state index in [0.717, 1.165) is 12.1 Å². The van der Waals surface area contributed by atoms with Crippen molar-refractivity contribution in [3.05, 3.63) is 52.0 Å². The number of halogens is 5. The normalized spacial score (nSPS) is 12.4. The molecule has 9 heteroatoms. The van der Waals surface area contributed by atoms with E-state index in [-0.39, 0.29) is 28.2 Å². The number of hydrogen-bond donors (Lipinski definition) is 0. The van der Waals surface area contributed by atoms with Gasteiger partial charge in [0.15, 0.2) is 11.9 Å². The predicted molar refractivity (Wildman–Crippen MR) is 94.7 cm³/mol. The minimum atomic E-state index is -4.58. The quantitative estimate of drug-likeness (QED) is 0.524. The van der Waals surface area contributed by atoms with Crippen molar-refractivity contribution in [2.24, 2.45) is 0 Å². The van der Waals surface area contributed by atoms with Crippen LogP contribution in [0.25, 0.3) is 0 Å². The molecule has 0 aromatic heterocycles. The maximum Gasteiger partial charge on any atom is 0.416 e. The second-order valence-corrected chi connectivity index (χ2v) is 6.17. The van der Waals surface area contributed by atoms with E-state index in [2.05, 4.69) is 0 Å². The summed E-state index contributed by atoms with van der Waals surface area (Å²) < 4.78 is 54.2. The number of carbonyl (C=O) groups excluding carboxylic acids is 1. The van der Waals surface area contributed by atoms with Crippen LogP contribution in [0.3, 0.4) is 0 Å². The molecule has 2 aromatic rings. The molecule has 0 fully saturated rings. The number of esters is 1. The molecule has 0 heterocycles. The summed E-state index contributed by atoms with van der Waals surface area (Å²) in [6, 6.07) is 7.59. The summed E-state index contributed by atoms with van der Waals surface area (Å²) in [6.07, 6.45) is -5.43. The van der Waals surface area contributed by atoms with Crippen molar-refractivity contribution < 1.29 is 32.2 Å². The Morgan fingerprint density at radius 2 is 1.70 bits per heavy atom. The number of ether oxygens (including phenoxy) is 3. The molecule has 2 rings (SSSR count). The van der Waals surface area contributed by atoms with Crippen LogP contribution in [0.1, 0.15) is 19.4 Å². The first-order chi connectivity index (χ1) is 12.6. The highest BCUT2D eigenvalue weighted by Crippen LogP contribution is 2.42. The van der Waals surface area contributed by atoms with Crippen LogP contribution >= 0.6 is 23.2 Å². The van der Waals surface area contributed by atoms with E-state index in [1.165, 1.54) is 19.1 Å². The number of carbonyl (C=O) groups is 1. The SMILES string of the molecule is CCOC(=O)C(C)Oc1cccc(Oc2c(Cl)cc(C(F)(F)F)cc2Cl)c1. The largest absolute Gasteiger partial charge is 0.479 e. The molecule has 1 atom stereocenters. The lowest BCUT2D eigenvalue weighted by atomic mass is 10.2. The van der Waals surface area contributed by atoms with Crippen LogP contribution < -0.4 is 9.47 Å². The van der Waals surface area contributed by atoms with Crippen molar-refractivity contribution in [2.75, 3.05) is 6.61 Å². The summed E-state index contributed by atoms with van der Waals surface area (Å²) in [4.78, 5) is 11.6. The van der Waals surface area contributed by atoms with Crippen LogP contribution in [0, 0.1) is 0 Å². The van der Waals surface area contributed by atoms with E-state index in [9.17, 15) is 18.0 Å². The van der Waals surface area contributed by atoms with Gasteiger partial charge in [0.05, 0.1) is 22.2 Å². The van der Waals surface area contributed by atoms with Gasteiger partial charge in [-0.05, 0) is 38.1 Å². The van der Waals surface area contributed by atoms with Crippen molar-refractivity contribution in [1.29, 1.82) is 0 Å². The van der Waals surface area contributed by atoms with Crippen LogP contribution in [-0.4, -0.2) is 18.7 Å². The summed E-state index contributed by atoms with van der Waals surface area (Å²) in [5, 5.41) is -0.581. The van der Waals surface area contributed by atoms with Crippen LogP contribution in [0.5, 0.6) is 17.2 Å². The van der Waals surface area contributed by atoms with Crippen molar-refractivity contribution in [3.8, 4) is 17.2 Å². The van der Waals surface area contributed by atoms with Gasteiger partial charge in [0.1, 0.15) is 11.5 Å². The second-order valence-electron chi connectivity index (χ2n) is 5.36. The molecule has 4 nitrogen and oxygen atoms in total. The van der Waals surface area contributed by atoms with Crippen LogP contribution in [0.2, 0.25) is 10.0 Å². The third kappa shape index (κ3) is 5.68. The summed E-state index contributed by atoms with van der Waals surface area (Å²) in [5.74, 6) is -0.140. The average Bonchev–Trinajstić information content (AvgIpc) is 2.57.